The molecule has 2 bridgehead atoms. The Hall–Kier alpha value is -1.86. The Bertz CT molecular complexity index is 1040. The van der Waals surface area contributed by atoms with E-state index in [9.17, 15) is 31.6 Å². The highest BCUT2D eigenvalue weighted by Crippen LogP contribution is 2.54. The number of esters is 2. The highest BCUT2D eigenvalue weighted by Gasteiger charge is 2.74. The van der Waals surface area contributed by atoms with Gasteiger partial charge in [0.25, 0.3) is 0 Å². The molecule has 0 aromatic rings. The van der Waals surface area contributed by atoms with Crippen molar-refractivity contribution in [2.24, 2.45) is 17.8 Å². The van der Waals surface area contributed by atoms with Crippen LogP contribution in [-0.2, 0) is 38.7 Å². The van der Waals surface area contributed by atoms with Crippen molar-refractivity contribution in [2.75, 3.05) is 0 Å². The molecule has 3 heterocycles. The highest BCUT2D eigenvalue weighted by molar-refractivity contribution is 7.86. The summed E-state index contributed by atoms with van der Waals surface area (Å²) in [5.41, 5.74) is -0.720. The number of hydrogen-bond donors (Lipinski definition) is 1. The van der Waals surface area contributed by atoms with Crippen LogP contribution in [0.15, 0.2) is 0 Å². The summed E-state index contributed by atoms with van der Waals surface area (Å²) in [6, 6.07) is -0.652. The van der Waals surface area contributed by atoms with Crippen LogP contribution in [0.1, 0.15) is 72.6 Å². The molecule has 1 amide bonds. The van der Waals surface area contributed by atoms with E-state index in [1.807, 2.05) is 0 Å². The Balaban J connectivity index is 1.60. The Morgan fingerprint density at radius 3 is 2.16 bits per heavy atom. The average molecular weight is 552 g/mol. The first-order valence-corrected chi connectivity index (χ1v) is 14.3. The van der Waals surface area contributed by atoms with E-state index in [-0.39, 0.29) is 5.92 Å². The van der Waals surface area contributed by atoms with Gasteiger partial charge in [-0.15, -0.1) is 0 Å². The maximum Gasteiger partial charge on any atom is 0.405 e. The minimum atomic E-state index is -5.86. The van der Waals surface area contributed by atoms with Crippen molar-refractivity contribution in [2.45, 2.75) is 114 Å². The summed E-state index contributed by atoms with van der Waals surface area (Å²) in [5, 5.41) is -4.76. The molecule has 1 saturated carbocycles. The lowest BCUT2D eigenvalue weighted by Gasteiger charge is -2.39. The minimum absolute atomic E-state index is 0.325. The Labute approximate surface area is 215 Å². The smallest absolute Gasteiger partial charge is 0.405 e. The van der Waals surface area contributed by atoms with Gasteiger partial charge in [-0.1, -0.05) is 32.1 Å². The van der Waals surface area contributed by atoms with Gasteiger partial charge in [0.2, 0.25) is 5.91 Å². The standard InChI is InChI=1S/C24H35F2NO9S/c1-12(24(25,26)37(31,32)33)34-22(30)15-14-17-16(27(20(14)28)23(2,3)4)19(18(15)35-17)36-21(29)13-10-8-6-5-7-9-11-13/h12-19H,5-11H2,1-4H3,(H,31,32,33). The molecule has 0 spiro atoms. The monoisotopic (exact) mass is 551 g/mol. The molecule has 0 radical (unpaired) electrons. The molecule has 4 fully saturated rings. The van der Waals surface area contributed by atoms with Crippen LogP contribution in [0.25, 0.3) is 0 Å². The fourth-order valence-corrected chi connectivity index (χ4v) is 6.73. The quantitative estimate of drug-likeness (QED) is 0.390. The first-order chi connectivity index (χ1) is 17.1. The number of alkyl halides is 2. The van der Waals surface area contributed by atoms with E-state index in [4.69, 9.17) is 18.8 Å². The lowest BCUT2D eigenvalue weighted by Crippen LogP contribution is -2.55. The molecule has 3 saturated heterocycles. The minimum Gasteiger partial charge on any atom is -0.457 e. The van der Waals surface area contributed by atoms with Gasteiger partial charge in [0, 0.05) is 5.54 Å². The van der Waals surface area contributed by atoms with Crippen molar-refractivity contribution in [1.82, 2.24) is 4.90 Å². The zero-order valence-corrected chi connectivity index (χ0v) is 22.2. The normalized spacial score (nSPS) is 33.7. The molecule has 0 aromatic carbocycles. The van der Waals surface area contributed by atoms with Crippen LogP contribution in [0, 0.1) is 17.8 Å². The number of ether oxygens (including phenoxy) is 3. The number of nitrogens with zero attached hydrogens (tertiary/aromatic N) is 1. The van der Waals surface area contributed by atoms with Crippen LogP contribution >= 0.6 is 0 Å². The molecular formula is C24H35F2NO9S. The lowest BCUT2D eigenvalue weighted by atomic mass is 9.78. The van der Waals surface area contributed by atoms with Gasteiger partial charge in [-0.05, 0) is 40.5 Å². The van der Waals surface area contributed by atoms with E-state index in [2.05, 4.69) is 0 Å². The molecule has 7 atom stereocenters. The Kier molecular flexibility index (Phi) is 7.39. The lowest BCUT2D eigenvalue weighted by molar-refractivity contribution is -0.173. The van der Waals surface area contributed by atoms with Crippen molar-refractivity contribution < 1.29 is 50.3 Å². The molecule has 210 valence electrons. The fourth-order valence-electron chi connectivity index (χ4n) is 6.26. The molecule has 3 aliphatic heterocycles. The molecule has 13 heteroatoms. The molecule has 1 aliphatic carbocycles. The number of carbonyl (C=O) groups excluding carboxylic acids is 3. The van der Waals surface area contributed by atoms with E-state index in [1.54, 1.807) is 20.8 Å². The second-order valence-corrected chi connectivity index (χ2v) is 13.0. The second-order valence-electron chi connectivity index (χ2n) is 11.5. The third kappa shape index (κ3) is 4.87. The van der Waals surface area contributed by atoms with Gasteiger partial charge in [0.15, 0.2) is 12.2 Å². The van der Waals surface area contributed by atoms with Crippen LogP contribution in [0.3, 0.4) is 0 Å². The Morgan fingerprint density at radius 2 is 1.62 bits per heavy atom. The van der Waals surface area contributed by atoms with Crippen LogP contribution in [-0.4, -0.2) is 77.0 Å². The average Bonchev–Trinajstić information content (AvgIpc) is 3.34. The number of rotatable bonds is 6. The number of likely N-dealkylation sites (tertiary alicyclic amines) is 1. The molecule has 7 unspecified atom stereocenters. The van der Waals surface area contributed by atoms with Gasteiger partial charge >= 0.3 is 27.3 Å². The van der Waals surface area contributed by atoms with Crippen LogP contribution in [0.5, 0.6) is 0 Å². The third-order valence-electron chi connectivity index (χ3n) is 8.02. The molecule has 0 aromatic heterocycles. The number of halogens is 2. The molecule has 1 N–H and O–H groups in total. The number of hydrogen-bond acceptors (Lipinski definition) is 8. The van der Waals surface area contributed by atoms with Crippen LogP contribution in [0.4, 0.5) is 8.78 Å². The topological polar surface area (TPSA) is 137 Å². The number of amides is 1. The van der Waals surface area contributed by atoms with Gasteiger partial charge in [0.05, 0.1) is 24.0 Å². The first-order valence-electron chi connectivity index (χ1n) is 12.8. The predicted octanol–water partition coefficient (Wildman–Crippen LogP) is 2.69. The summed E-state index contributed by atoms with van der Waals surface area (Å²) in [6.45, 7) is 6.00. The zero-order chi connectivity index (χ0) is 27.5. The maximum absolute atomic E-state index is 14.1. The van der Waals surface area contributed by atoms with Gasteiger partial charge in [-0.3, -0.25) is 18.9 Å². The summed E-state index contributed by atoms with van der Waals surface area (Å²) in [4.78, 5) is 41.3. The largest absolute Gasteiger partial charge is 0.457 e. The molecular weight excluding hydrogens is 516 g/mol. The van der Waals surface area contributed by atoms with E-state index in [1.165, 1.54) is 4.90 Å². The summed E-state index contributed by atoms with van der Waals surface area (Å²) < 4.78 is 75.9. The predicted molar refractivity (Wildman–Crippen MR) is 124 cm³/mol. The third-order valence-corrected chi connectivity index (χ3v) is 9.04. The highest BCUT2D eigenvalue weighted by atomic mass is 32.2. The van der Waals surface area contributed by atoms with E-state index in [0.29, 0.717) is 19.8 Å². The van der Waals surface area contributed by atoms with Crippen molar-refractivity contribution in [3.8, 4) is 0 Å². The van der Waals surface area contributed by atoms with E-state index < -0.39 is 81.1 Å². The van der Waals surface area contributed by atoms with Crippen molar-refractivity contribution >= 4 is 28.0 Å². The maximum atomic E-state index is 14.1. The van der Waals surface area contributed by atoms with Gasteiger partial charge < -0.3 is 19.1 Å². The molecule has 37 heavy (non-hydrogen) atoms. The van der Waals surface area contributed by atoms with E-state index in [0.717, 1.165) is 32.1 Å². The molecule has 10 nitrogen and oxygen atoms in total. The SMILES string of the molecule is CC(OC(=O)C1C2OC3C1C(=O)N(C(C)(C)C)C3C2OC(=O)C1CCCCCCC1)C(F)(F)S(=O)(=O)O. The number of carbonyl (C=O) groups is 3. The number of fused-ring (bicyclic) bond motifs is 1. The van der Waals surface area contributed by atoms with Gasteiger partial charge in [-0.25, -0.2) is 0 Å². The summed E-state index contributed by atoms with van der Waals surface area (Å²) in [7, 11) is -5.86. The molecule has 4 rings (SSSR count). The van der Waals surface area contributed by atoms with Crippen molar-refractivity contribution in [3.05, 3.63) is 0 Å². The van der Waals surface area contributed by atoms with E-state index >= 15 is 0 Å². The molecule has 4 aliphatic rings. The van der Waals surface area contributed by atoms with Crippen molar-refractivity contribution in [1.29, 1.82) is 0 Å². The van der Waals surface area contributed by atoms with Crippen LogP contribution in [0.2, 0.25) is 0 Å². The first kappa shape index (κ1) is 28.2. The summed E-state index contributed by atoms with van der Waals surface area (Å²) in [5.74, 6) is -4.92. The summed E-state index contributed by atoms with van der Waals surface area (Å²) >= 11 is 0. The summed E-state index contributed by atoms with van der Waals surface area (Å²) in [6.07, 6.45) is 0.806. The van der Waals surface area contributed by atoms with Crippen LogP contribution < -0.4 is 0 Å². The van der Waals surface area contributed by atoms with Gasteiger partial charge in [0.1, 0.15) is 12.0 Å². The van der Waals surface area contributed by atoms with Gasteiger partial charge in [-0.2, -0.15) is 17.2 Å². The van der Waals surface area contributed by atoms with Crippen molar-refractivity contribution in [3.63, 3.8) is 0 Å². The Morgan fingerprint density at radius 1 is 1.05 bits per heavy atom. The fraction of sp³-hybridized carbons (Fsp3) is 0.875. The second kappa shape index (κ2) is 9.71. The zero-order valence-electron chi connectivity index (χ0n) is 21.4.